The van der Waals surface area contributed by atoms with Crippen molar-refractivity contribution in [3.05, 3.63) is 0 Å². The molecule has 0 fully saturated rings. The van der Waals surface area contributed by atoms with Gasteiger partial charge in [0.15, 0.2) is 0 Å². The third kappa shape index (κ3) is 6.42. The molecule has 0 rings (SSSR count). The van der Waals surface area contributed by atoms with Crippen LogP contribution in [0.1, 0.15) is 65.7 Å². The van der Waals surface area contributed by atoms with Gasteiger partial charge in [-0.3, -0.25) is 0 Å². The molecule has 1 N–H and O–H groups in total. The summed E-state index contributed by atoms with van der Waals surface area (Å²) in [5.41, 5.74) is 0.622. The van der Waals surface area contributed by atoms with Gasteiger partial charge < -0.3 is 5.32 Å². The maximum atomic E-state index is 3.22. The average Bonchev–Trinajstić information content (AvgIpc) is 2.13. The third-order valence-electron chi connectivity index (χ3n) is 3.16. The SMILES string of the molecule is CCCC(C)(CCC)CCCCNC. The van der Waals surface area contributed by atoms with Gasteiger partial charge in [0.1, 0.15) is 0 Å². The van der Waals surface area contributed by atoms with E-state index in [0.29, 0.717) is 5.41 Å². The Balaban J connectivity index is 3.71. The van der Waals surface area contributed by atoms with Crippen molar-refractivity contribution in [3.8, 4) is 0 Å². The van der Waals surface area contributed by atoms with E-state index in [1.165, 1.54) is 51.5 Å². The number of hydrogen-bond acceptors (Lipinski definition) is 1. The average molecular weight is 199 g/mol. The number of hydrogen-bond donors (Lipinski definition) is 1. The largest absolute Gasteiger partial charge is 0.320 e. The van der Waals surface area contributed by atoms with Crippen LogP contribution >= 0.6 is 0 Å². The van der Waals surface area contributed by atoms with Crippen molar-refractivity contribution >= 4 is 0 Å². The quantitative estimate of drug-likeness (QED) is 0.554. The molecular weight excluding hydrogens is 170 g/mol. The Bertz CT molecular complexity index is 114. The molecule has 0 aliphatic rings. The fraction of sp³-hybridized carbons (Fsp3) is 1.00. The Morgan fingerprint density at radius 1 is 0.929 bits per heavy atom. The highest BCUT2D eigenvalue weighted by Gasteiger charge is 2.21. The molecule has 0 unspecified atom stereocenters. The highest BCUT2D eigenvalue weighted by Crippen LogP contribution is 2.34. The lowest BCUT2D eigenvalue weighted by atomic mass is 9.77. The van der Waals surface area contributed by atoms with Crippen LogP contribution in [0.15, 0.2) is 0 Å². The van der Waals surface area contributed by atoms with E-state index in [2.05, 4.69) is 26.1 Å². The van der Waals surface area contributed by atoms with Crippen LogP contribution in [0.25, 0.3) is 0 Å². The molecule has 14 heavy (non-hydrogen) atoms. The molecule has 0 aromatic heterocycles. The van der Waals surface area contributed by atoms with Crippen molar-refractivity contribution in [3.63, 3.8) is 0 Å². The van der Waals surface area contributed by atoms with Gasteiger partial charge in [-0.15, -0.1) is 0 Å². The maximum absolute atomic E-state index is 3.22. The summed E-state index contributed by atoms with van der Waals surface area (Å²) < 4.78 is 0. The summed E-state index contributed by atoms with van der Waals surface area (Å²) in [6, 6.07) is 0. The third-order valence-corrected chi connectivity index (χ3v) is 3.16. The Morgan fingerprint density at radius 3 is 1.93 bits per heavy atom. The lowest BCUT2D eigenvalue weighted by Crippen LogP contribution is -2.17. The fourth-order valence-electron chi connectivity index (χ4n) is 2.44. The minimum Gasteiger partial charge on any atom is -0.320 e. The molecule has 0 spiro atoms. The molecule has 0 saturated heterocycles. The van der Waals surface area contributed by atoms with E-state index in [0.717, 1.165) is 0 Å². The minimum atomic E-state index is 0.622. The first-order valence-corrected chi connectivity index (χ1v) is 6.33. The Morgan fingerprint density at radius 2 is 1.50 bits per heavy atom. The van der Waals surface area contributed by atoms with Crippen LogP contribution in [-0.4, -0.2) is 13.6 Å². The second kappa shape index (κ2) is 8.28. The van der Waals surface area contributed by atoms with Crippen LogP contribution in [0.4, 0.5) is 0 Å². The van der Waals surface area contributed by atoms with Gasteiger partial charge in [-0.05, 0) is 44.7 Å². The second-order valence-electron chi connectivity index (χ2n) is 4.87. The Kier molecular flexibility index (Phi) is 8.26. The molecule has 0 aromatic rings. The molecule has 0 atom stereocenters. The second-order valence-corrected chi connectivity index (χ2v) is 4.87. The van der Waals surface area contributed by atoms with Crippen molar-refractivity contribution in [1.82, 2.24) is 5.32 Å². The van der Waals surface area contributed by atoms with Crippen molar-refractivity contribution in [1.29, 1.82) is 0 Å². The highest BCUT2D eigenvalue weighted by molar-refractivity contribution is 4.73. The molecule has 0 aliphatic heterocycles. The first-order valence-electron chi connectivity index (χ1n) is 6.33. The van der Waals surface area contributed by atoms with Crippen LogP contribution in [0.3, 0.4) is 0 Å². The van der Waals surface area contributed by atoms with Crippen LogP contribution in [-0.2, 0) is 0 Å². The lowest BCUT2D eigenvalue weighted by molar-refractivity contribution is 0.236. The minimum absolute atomic E-state index is 0.622. The fourth-order valence-corrected chi connectivity index (χ4v) is 2.44. The normalized spacial score (nSPS) is 12.0. The molecule has 1 nitrogen and oxygen atoms in total. The molecule has 0 saturated carbocycles. The van der Waals surface area contributed by atoms with E-state index in [1.807, 2.05) is 7.05 Å². The highest BCUT2D eigenvalue weighted by atomic mass is 14.8. The molecule has 0 bridgehead atoms. The van der Waals surface area contributed by atoms with Gasteiger partial charge in [0.05, 0.1) is 0 Å². The van der Waals surface area contributed by atoms with Crippen LogP contribution < -0.4 is 5.32 Å². The Hall–Kier alpha value is -0.0400. The maximum Gasteiger partial charge on any atom is -0.00519 e. The smallest absolute Gasteiger partial charge is 0.00519 e. The van der Waals surface area contributed by atoms with Crippen LogP contribution in [0.5, 0.6) is 0 Å². The molecule has 0 aliphatic carbocycles. The van der Waals surface area contributed by atoms with Gasteiger partial charge in [0.2, 0.25) is 0 Å². The predicted octanol–water partition coefficient (Wildman–Crippen LogP) is 3.98. The van der Waals surface area contributed by atoms with Gasteiger partial charge in [-0.25, -0.2) is 0 Å². The summed E-state index contributed by atoms with van der Waals surface area (Å²) >= 11 is 0. The zero-order valence-electron chi connectivity index (χ0n) is 10.7. The number of unbranched alkanes of at least 4 members (excludes halogenated alkanes) is 1. The monoisotopic (exact) mass is 199 g/mol. The van der Waals surface area contributed by atoms with E-state index in [9.17, 15) is 0 Å². The first kappa shape index (κ1) is 14.0. The zero-order valence-corrected chi connectivity index (χ0v) is 10.7. The molecule has 0 aromatic carbocycles. The van der Waals surface area contributed by atoms with E-state index in [-0.39, 0.29) is 0 Å². The van der Waals surface area contributed by atoms with E-state index >= 15 is 0 Å². The topological polar surface area (TPSA) is 12.0 Å². The van der Waals surface area contributed by atoms with Gasteiger partial charge in [-0.1, -0.05) is 40.0 Å². The van der Waals surface area contributed by atoms with Crippen LogP contribution in [0.2, 0.25) is 0 Å². The summed E-state index contributed by atoms with van der Waals surface area (Å²) in [4.78, 5) is 0. The molecule has 0 heterocycles. The molecule has 1 heteroatoms. The Labute approximate surface area is 90.7 Å². The van der Waals surface area contributed by atoms with Crippen molar-refractivity contribution < 1.29 is 0 Å². The van der Waals surface area contributed by atoms with Crippen molar-refractivity contribution in [2.45, 2.75) is 65.7 Å². The molecule has 0 amide bonds. The van der Waals surface area contributed by atoms with Gasteiger partial charge in [0.25, 0.3) is 0 Å². The van der Waals surface area contributed by atoms with E-state index < -0.39 is 0 Å². The molecule has 0 radical (unpaired) electrons. The predicted molar refractivity (Wildman–Crippen MR) is 65.7 cm³/mol. The number of rotatable bonds is 9. The van der Waals surface area contributed by atoms with E-state index in [1.54, 1.807) is 0 Å². The first-order chi connectivity index (χ1) is 6.68. The van der Waals surface area contributed by atoms with Gasteiger partial charge in [-0.2, -0.15) is 0 Å². The summed E-state index contributed by atoms with van der Waals surface area (Å²) in [5.74, 6) is 0. The standard InChI is InChI=1S/C13H29N/c1-5-9-13(3,10-6-2)11-7-8-12-14-4/h14H,5-12H2,1-4H3. The zero-order chi connectivity index (χ0) is 10.9. The lowest BCUT2D eigenvalue weighted by Gasteiger charge is -2.29. The van der Waals surface area contributed by atoms with Gasteiger partial charge >= 0.3 is 0 Å². The number of nitrogens with one attached hydrogen (secondary N) is 1. The summed E-state index contributed by atoms with van der Waals surface area (Å²) in [6.07, 6.45) is 9.61. The molecular formula is C13H29N. The van der Waals surface area contributed by atoms with Crippen molar-refractivity contribution in [2.75, 3.05) is 13.6 Å². The van der Waals surface area contributed by atoms with E-state index in [4.69, 9.17) is 0 Å². The van der Waals surface area contributed by atoms with Crippen molar-refractivity contribution in [2.24, 2.45) is 5.41 Å². The summed E-state index contributed by atoms with van der Waals surface area (Å²) in [7, 11) is 2.04. The van der Waals surface area contributed by atoms with Crippen LogP contribution in [0, 0.1) is 5.41 Å². The summed E-state index contributed by atoms with van der Waals surface area (Å²) in [6.45, 7) is 8.26. The summed E-state index contributed by atoms with van der Waals surface area (Å²) in [5, 5.41) is 3.22. The molecule has 86 valence electrons. The van der Waals surface area contributed by atoms with Gasteiger partial charge in [0, 0.05) is 0 Å².